The van der Waals surface area contributed by atoms with E-state index in [1.165, 1.54) is 44.2 Å². The van der Waals surface area contributed by atoms with Gasteiger partial charge < -0.3 is 4.74 Å². The van der Waals surface area contributed by atoms with E-state index < -0.39 is 40.3 Å². The third-order valence-electron chi connectivity index (χ3n) is 4.81. The van der Waals surface area contributed by atoms with Gasteiger partial charge in [0.25, 0.3) is 0 Å². The topological polar surface area (TPSA) is 26.3 Å². The highest BCUT2D eigenvalue weighted by molar-refractivity contribution is 7.97. The Bertz CT molecular complexity index is 1140. The normalized spacial score (nSPS) is 12.2. The molecule has 0 aliphatic carbocycles. The summed E-state index contributed by atoms with van der Waals surface area (Å²) in [5.74, 6) is -0.631. The van der Waals surface area contributed by atoms with E-state index in [4.69, 9.17) is 4.74 Å². The average molecular weight is 499 g/mol. The molecule has 9 heteroatoms. The van der Waals surface area contributed by atoms with E-state index in [1.54, 1.807) is 13.0 Å². The lowest BCUT2D eigenvalue weighted by Gasteiger charge is -2.15. The zero-order valence-electron chi connectivity index (χ0n) is 18.5. The Labute approximate surface area is 195 Å². The van der Waals surface area contributed by atoms with Gasteiger partial charge in [0.1, 0.15) is 0 Å². The van der Waals surface area contributed by atoms with E-state index >= 15 is 0 Å². The number of alkyl halides is 6. The number of aryl methyl sites for hydroxylation is 2. The summed E-state index contributed by atoms with van der Waals surface area (Å²) in [6.45, 7) is 4.73. The summed E-state index contributed by atoms with van der Waals surface area (Å²) < 4.78 is 86.3. The van der Waals surface area contributed by atoms with E-state index in [-0.39, 0.29) is 22.0 Å². The first-order chi connectivity index (χ1) is 15.8. The molecular formula is C25H21F6O2S+. The maximum absolute atomic E-state index is 13.5. The second-order valence-electron chi connectivity index (χ2n) is 7.62. The predicted octanol–water partition coefficient (Wildman–Crippen LogP) is 7.61. The van der Waals surface area contributed by atoms with E-state index in [1.807, 2.05) is 0 Å². The number of hydrogen-bond donors (Lipinski definition) is 0. The molecule has 3 aromatic rings. The molecule has 2 nitrogen and oxygen atoms in total. The lowest BCUT2D eigenvalue weighted by Crippen LogP contribution is -2.13. The Kier molecular flexibility index (Phi) is 7.35. The first kappa shape index (κ1) is 25.7. The van der Waals surface area contributed by atoms with Crippen LogP contribution in [0.5, 0.6) is 0 Å². The second-order valence-corrected chi connectivity index (χ2v) is 9.65. The summed E-state index contributed by atoms with van der Waals surface area (Å²) in [7, 11) is -1.36. The van der Waals surface area contributed by atoms with Crippen LogP contribution in [0.1, 0.15) is 39.5 Å². The van der Waals surface area contributed by atoms with Crippen molar-refractivity contribution in [2.45, 2.75) is 47.8 Å². The average Bonchev–Trinajstić information content (AvgIpc) is 2.72. The van der Waals surface area contributed by atoms with Crippen molar-refractivity contribution in [3.63, 3.8) is 0 Å². The highest BCUT2D eigenvalue weighted by atomic mass is 32.2. The number of carbonyl (C=O) groups excluding carboxylic acids is 1. The zero-order valence-corrected chi connectivity index (χ0v) is 19.3. The molecule has 0 aromatic heterocycles. The summed E-state index contributed by atoms with van der Waals surface area (Å²) in [5, 5.41) is 0. The molecular weight excluding hydrogens is 478 g/mol. The van der Waals surface area contributed by atoms with Crippen LogP contribution in [-0.2, 0) is 28.0 Å². The molecule has 0 aliphatic heterocycles. The molecule has 0 radical (unpaired) electrons. The maximum atomic E-state index is 13.5. The number of hydrogen-bond acceptors (Lipinski definition) is 2. The van der Waals surface area contributed by atoms with Gasteiger partial charge in [0.15, 0.2) is 14.7 Å². The van der Waals surface area contributed by atoms with Gasteiger partial charge in [-0.1, -0.05) is 6.07 Å². The molecule has 0 N–H and O–H groups in total. The van der Waals surface area contributed by atoms with E-state index in [2.05, 4.69) is 0 Å². The summed E-state index contributed by atoms with van der Waals surface area (Å²) >= 11 is 0. The first-order valence-electron chi connectivity index (χ1n) is 10.2. The molecule has 3 aromatic carbocycles. The van der Waals surface area contributed by atoms with Crippen LogP contribution >= 0.6 is 0 Å². The van der Waals surface area contributed by atoms with Gasteiger partial charge in [-0.05, 0) is 68.3 Å². The van der Waals surface area contributed by atoms with Gasteiger partial charge in [0, 0.05) is 18.2 Å². The molecule has 0 heterocycles. The lowest BCUT2D eigenvalue weighted by molar-refractivity contribution is -0.138. The van der Waals surface area contributed by atoms with Gasteiger partial charge in [-0.2, -0.15) is 26.3 Å². The van der Waals surface area contributed by atoms with Crippen LogP contribution in [0.15, 0.2) is 75.4 Å². The molecule has 180 valence electrons. The summed E-state index contributed by atoms with van der Waals surface area (Å²) in [6.07, 6.45) is -9.27. The predicted molar refractivity (Wildman–Crippen MR) is 117 cm³/mol. The fourth-order valence-electron chi connectivity index (χ4n) is 3.43. The van der Waals surface area contributed by atoms with Gasteiger partial charge in [-0.25, -0.2) is 4.79 Å². The van der Waals surface area contributed by atoms with Crippen molar-refractivity contribution < 1.29 is 35.9 Å². The van der Waals surface area contributed by atoms with Crippen LogP contribution in [0.3, 0.4) is 0 Å². The van der Waals surface area contributed by atoms with Gasteiger partial charge in [-0.3, -0.25) is 0 Å². The third-order valence-corrected chi connectivity index (χ3v) is 6.95. The van der Waals surface area contributed by atoms with Crippen molar-refractivity contribution >= 4 is 16.9 Å². The van der Waals surface area contributed by atoms with Crippen molar-refractivity contribution in [1.29, 1.82) is 0 Å². The van der Waals surface area contributed by atoms with E-state index in [0.29, 0.717) is 16.0 Å². The molecule has 0 spiro atoms. The number of rotatable bonds is 5. The van der Waals surface area contributed by atoms with Crippen molar-refractivity contribution in [1.82, 2.24) is 0 Å². The number of ether oxygens (including phenoxy) is 1. The van der Waals surface area contributed by atoms with Crippen molar-refractivity contribution in [2.75, 3.05) is 6.61 Å². The van der Waals surface area contributed by atoms with Crippen molar-refractivity contribution in [3.05, 3.63) is 88.5 Å². The smallest absolute Gasteiger partial charge is 0.416 e. The van der Waals surface area contributed by atoms with Crippen LogP contribution in [0.25, 0.3) is 0 Å². The van der Waals surface area contributed by atoms with Gasteiger partial charge >= 0.3 is 18.3 Å². The Morgan fingerprint density at radius 1 is 0.765 bits per heavy atom. The highest BCUT2D eigenvalue weighted by Crippen LogP contribution is 2.39. The number of halogens is 6. The molecule has 0 amide bonds. The number of esters is 1. The Morgan fingerprint density at radius 2 is 1.26 bits per heavy atom. The van der Waals surface area contributed by atoms with Crippen molar-refractivity contribution in [3.8, 4) is 0 Å². The minimum atomic E-state index is -4.63. The highest BCUT2D eigenvalue weighted by Gasteiger charge is 2.38. The standard InChI is InChI=1S/C25H21F6O2S/c1-4-33-23(32)17-6-5-7-20(12-17)34(21-10-15(2)8-18(13-21)24(26,27)28)22-11-16(3)9-19(14-22)25(29,30)31/h5-14H,4H2,1-3H3/q+1. The van der Waals surface area contributed by atoms with Gasteiger partial charge in [0.05, 0.1) is 34.2 Å². The van der Waals surface area contributed by atoms with Crippen LogP contribution in [-0.4, -0.2) is 12.6 Å². The molecule has 34 heavy (non-hydrogen) atoms. The minimum Gasteiger partial charge on any atom is -0.462 e. The van der Waals surface area contributed by atoms with Crippen LogP contribution in [0.2, 0.25) is 0 Å². The van der Waals surface area contributed by atoms with Crippen LogP contribution in [0.4, 0.5) is 26.3 Å². The van der Waals surface area contributed by atoms with Gasteiger partial charge in [0.2, 0.25) is 0 Å². The third kappa shape index (κ3) is 5.94. The molecule has 0 bridgehead atoms. The summed E-state index contributed by atoms with van der Waals surface area (Å²) in [6, 6.07) is 12.9. The Balaban J connectivity index is 2.29. The molecule has 0 saturated carbocycles. The monoisotopic (exact) mass is 499 g/mol. The molecule has 0 atom stereocenters. The molecule has 0 fully saturated rings. The zero-order chi connectivity index (χ0) is 25.3. The molecule has 0 saturated heterocycles. The molecule has 0 aliphatic rings. The van der Waals surface area contributed by atoms with Crippen LogP contribution < -0.4 is 0 Å². The second kappa shape index (κ2) is 9.74. The van der Waals surface area contributed by atoms with Crippen LogP contribution in [0, 0.1) is 13.8 Å². The van der Waals surface area contributed by atoms with E-state index in [0.717, 1.165) is 24.3 Å². The molecule has 0 unspecified atom stereocenters. The number of carbonyl (C=O) groups is 1. The minimum absolute atomic E-state index is 0.119. The molecule has 3 rings (SSSR count). The van der Waals surface area contributed by atoms with E-state index in [9.17, 15) is 31.1 Å². The summed E-state index contributed by atoms with van der Waals surface area (Å²) in [5.41, 5.74) is -1.01. The Morgan fingerprint density at radius 3 is 1.71 bits per heavy atom. The van der Waals surface area contributed by atoms with Crippen molar-refractivity contribution in [2.24, 2.45) is 0 Å². The fourth-order valence-corrected chi connectivity index (χ4v) is 5.80. The SMILES string of the molecule is CCOC(=O)c1cccc([S+](c2cc(C)cc(C(F)(F)F)c2)c2cc(C)cc(C(F)(F)F)c2)c1. The maximum Gasteiger partial charge on any atom is 0.416 e. The fraction of sp³-hybridized carbons (Fsp3) is 0.240. The largest absolute Gasteiger partial charge is 0.462 e. The van der Waals surface area contributed by atoms with Gasteiger partial charge in [-0.15, -0.1) is 0 Å². The summed E-state index contributed by atoms with van der Waals surface area (Å²) in [4.78, 5) is 13.0. The quantitative estimate of drug-likeness (QED) is 0.205. The lowest BCUT2D eigenvalue weighted by atomic mass is 10.1. The number of benzene rings is 3. The first-order valence-corrected chi connectivity index (χ1v) is 11.4. The Hall–Kier alpha value is -2.94.